The Morgan fingerprint density at radius 3 is 2.81 bits per heavy atom. The lowest BCUT2D eigenvalue weighted by atomic mass is 10.2. The Kier molecular flexibility index (Phi) is 6.27. The third-order valence-electron chi connectivity index (χ3n) is 3.71. The third kappa shape index (κ3) is 5.21. The molecule has 0 bridgehead atoms. The minimum atomic E-state index is -0.420. The monoisotopic (exact) mass is 387 g/mol. The molecular formula is C19H18ClN3O4. The highest BCUT2D eigenvalue weighted by Gasteiger charge is 2.13. The summed E-state index contributed by atoms with van der Waals surface area (Å²) in [6, 6.07) is 14.3. The summed E-state index contributed by atoms with van der Waals surface area (Å²) in [4.78, 5) is 23.9. The molecule has 0 aliphatic carbocycles. The zero-order chi connectivity index (χ0) is 19.1. The van der Waals surface area contributed by atoms with Crippen LogP contribution in [0.25, 0.3) is 10.9 Å². The van der Waals surface area contributed by atoms with E-state index in [1.165, 1.54) is 0 Å². The first-order chi connectivity index (χ1) is 13.1. The summed E-state index contributed by atoms with van der Waals surface area (Å²) in [6.07, 6.45) is 0.0608. The van der Waals surface area contributed by atoms with Gasteiger partial charge >= 0.3 is 5.97 Å². The Morgan fingerprint density at radius 2 is 1.96 bits per heavy atom. The molecule has 0 unspecified atom stereocenters. The van der Waals surface area contributed by atoms with E-state index in [4.69, 9.17) is 21.1 Å². The second-order valence-electron chi connectivity index (χ2n) is 5.65. The summed E-state index contributed by atoms with van der Waals surface area (Å²) in [6.45, 7) is 0.495. The number of benzene rings is 2. The fourth-order valence-corrected chi connectivity index (χ4v) is 2.62. The molecule has 140 valence electrons. The number of esters is 1. The average Bonchev–Trinajstić information content (AvgIpc) is 3.09. The van der Waals surface area contributed by atoms with Gasteiger partial charge in [-0.05, 0) is 24.3 Å². The second-order valence-corrected chi connectivity index (χ2v) is 6.09. The molecule has 1 heterocycles. The van der Waals surface area contributed by atoms with Crippen molar-refractivity contribution in [2.75, 3.05) is 19.8 Å². The number of halogens is 1. The summed E-state index contributed by atoms with van der Waals surface area (Å²) < 4.78 is 10.5. The zero-order valence-electron chi connectivity index (χ0n) is 14.4. The highest BCUT2D eigenvalue weighted by atomic mass is 35.5. The van der Waals surface area contributed by atoms with Gasteiger partial charge in [0, 0.05) is 17.0 Å². The summed E-state index contributed by atoms with van der Waals surface area (Å²) in [5.74, 6) is -0.154. The fourth-order valence-electron chi connectivity index (χ4n) is 2.44. The van der Waals surface area contributed by atoms with Gasteiger partial charge in [-0.15, -0.1) is 0 Å². The van der Waals surface area contributed by atoms with Gasteiger partial charge in [-0.25, -0.2) is 0 Å². The predicted octanol–water partition coefficient (Wildman–Crippen LogP) is 2.96. The van der Waals surface area contributed by atoms with Crippen LogP contribution >= 0.6 is 11.6 Å². The summed E-state index contributed by atoms with van der Waals surface area (Å²) in [5, 5.41) is 10.8. The lowest BCUT2D eigenvalue weighted by Gasteiger charge is -2.08. The smallest absolute Gasteiger partial charge is 0.307 e. The molecule has 0 saturated heterocycles. The van der Waals surface area contributed by atoms with Gasteiger partial charge < -0.3 is 14.8 Å². The minimum absolute atomic E-state index is 0.0608. The maximum atomic E-state index is 12.2. The molecule has 3 aromatic rings. The van der Waals surface area contributed by atoms with Crippen molar-refractivity contribution < 1.29 is 19.1 Å². The number of para-hydroxylation sites is 1. The van der Waals surface area contributed by atoms with Gasteiger partial charge in [0.1, 0.15) is 19.0 Å². The first-order valence-electron chi connectivity index (χ1n) is 8.39. The van der Waals surface area contributed by atoms with E-state index < -0.39 is 5.97 Å². The Balaban J connectivity index is 1.35. The van der Waals surface area contributed by atoms with Gasteiger partial charge in [0.25, 0.3) is 5.91 Å². The molecule has 1 aromatic heterocycles. The number of nitrogens with zero attached hydrogens (tertiary/aromatic N) is 1. The zero-order valence-corrected chi connectivity index (χ0v) is 15.2. The molecule has 0 radical (unpaired) electrons. The van der Waals surface area contributed by atoms with E-state index in [1.54, 1.807) is 24.3 Å². The van der Waals surface area contributed by atoms with Crippen molar-refractivity contribution in [3.05, 3.63) is 59.2 Å². The van der Waals surface area contributed by atoms with E-state index in [0.717, 1.165) is 10.9 Å². The number of ether oxygens (including phenoxy) is 2. The summed E-state index contributed by atoms with van der Waals surface area (Å²) in [5.41, 5.74) is 1.08. The number of carbonyl (C=O) groups excluding carboxylic acids is 2. The van der Waals surface area contributed by atoms with Gasteiger partial charge in [-0.1, -0.05) is 35.9 Å². The van der Waals surface area contributed by atoms with Crippen LogP contribution in [-0.4, -0.2) is 41.8 Å². The SMILES string of the molecule is O=C(CCNC(=O)c1n[nH]c2ccccc12)OCCOc1cccc(Cl)c1. The van der Waals surface area contributed by atoms with Crippen LogP contribution in [0.3, 0.4) is 0 Å². The number of amides is 1. The normalized spacial score (nSPS) is 10.6. The topological polar surface area (TPSA) is 93.3 Å². The molecule has 0 atom stereocenters. The van der Waals surface area contributed by atoms with Crippen molar-refractivity contribution in [3.8, 4) is 5.75 Å². The molecule has 8 heteroatoms. The lowest BCUT2D eigenvalue weighted by molar-refractivity contribution is -0.144. The third-order valence-corrected chi connectivity index (χ3v) is 3.95. The average molecular weight is 388 g/mol. The number of carbonyl (C=O) groups is 2. The number of nitrogens with one attached hydrogen (secondary N) is 2. The first-order valence-corrected chi connectivity index (χ1v) is 8.76. The maximum Gasteiger partial charge on any atom is 0.307 e. The predicted molar refractivity (Wildman–Crippen MR) is 101 cm³/mol. The Bertz CT molecular complexity index is 941. The van der Waals surface area contributed by atoms with E-state index in [1.807, 2.05) is 24.3 Å². The molecule has 0 saturated carbocycles. The van der Waals surface area contributed by atoms with Crippen molar-refractivity contribution >= 4 is 34.4 Å². The van der Waals surface area contributed by atoms with Crippen molar-refractivity contribution in [3.63, 3.8) is 0 Å². The highest BCUT2D eigenvalue weighted by Crippen LogP contribution is 2.17. The van der Waals surface area contributed by atoms with Crippen LogP contribution in [0.4, 0.5) is 0 Å². The van der Waals surface area contributed by atoms with Gasteiger partial charge in [0.05, 0.1) is 11.9 Å². The fraction of sp³-hybridized carbons (Fsp3) is 0.211. The molecule has 0 aliphatic rings. The van der Waals surface area contributed by atoms with Crippen LogP contribution in [0, 0.1) is 0 Å². The van der Waals surface area contributed by atoms with Gasteiger partial charge in [-0.2, -0.15) is 5.10 Å². The van der Waals surface area contributed by atoms with Crippen LogP contribution < -0.4 is 10.1 Å². The van der Waals surface area contributed by atoms with Crippen LogP contribution in [-0.2, 0) is 9.53 Å². The maximum absolute atomic E-state index is 12.2. The van der Waals surface area contributed by atoms with Crippen LogP contribution in [0.2, 0.25) is 5.02 Å². The molecular weight excluding hydrogens is 370 g/mol. The van der Waals surface area contributed by atoms with Crippen LogP contribution in [0.5, 0.6) is 5.75 Å². The van der Waals surface area contributed by atoms with Crippen molar-refractivity contribution in [1.29, 1.82) is 0 Å². The van der Waals surface area contributed by atoms with Crippen molar-refractivity contribution in [2.24, 2.45) is 0 Å². The van der Waals surface area contributed by atoms with E-state index in [2.05, 4.69) is 15.5 Å². The molecule has 3 rings (SSSR count). The number of H-pyrrole nitrogens is 1. The van der Waals surface area contributed by atoms with Crippen molar-refractivity contribution in [1.82, 2.24) is 15.5 Å². The van der Waals surface area contributed by atoms with Gasteiger partial charge in [-0.3, -0.25) is 14.7 Å². The Morgan fingerprint density at radius 1 is 1.11 bits per heavy atom. The molecule has 0 aliphatic heterocycles. The largest absolute Gasteiger partial charge is 0.490 e. The molecule has 0 fully saturated rings. The first kappa shape index (κ1) is 18.7. The number of rotatable bonds is 8. The number of fused-ring (bicyclic) bond motifs is 1. The lowest BCUT2D eigenvalue weighted by Crippen LogP contribution is -2.27. The summed E-state index contributed by atoms with van der Waals surface area (Å²) in [7, 11) is 0. The van der Waals surface area contributed by atoms with E-state index in [-0.39, 0.29) is 32.1 Å². The number of aromatic amines is 1. The van der Waals surface area contributed by atoms with E-state index in [0.29, 0.717) is 16.5 Å². The van der Waals surface area contributed by atoms with Gasteiger partial charge in [0.2, 0.25) is 0 Å². The second kappa shape index (κ2) is 9.05. The minimum Gasteiger partial charge on any atom is -0.490 e. The Hall–Kier alpha value is -3.06. The molecule has 2 N–H and O–H groups in total. The number of aromatic nitrogens is 2. The highest BCUT2D eigenvalue weighted by molar-refractivity contribution is 6.30. The number of hydrogen-bond donors (Lipinski definition) is 2. The molecule has 27 heavy (non-hydrogen) atoms. The number of hydrogen-bond acceptors (Lipinski definition) is 5. The van der Waals surface area contributed by atoms with Crippen molar-refractivity contribution in [2.45, 2.75) is 6.42 Å². The van der Waals surface area contributed by atoms with E-state index >= 15 is 0 Å². The van der Waals surface area contributed by atoms with Gasteiger partial charge in [0.15, 0.2) is 5.69 Å². The molecule has 1 amide bonds. The molecule has 2 aromatic carbocycles. The quantitative estimate of drug-likeness (QED) is 0.458. The van der Waals surface area contributed by atoms with Crippen LogP contribution in [0.15, 0.2) is 48.5 Å². The Labute approximate surface area is 160 Å². The molecule has 0 spiro atoms. The molecule has 7 nitrogen and oxygen atoms in total. The van der Waals surface area contributed by atoms with E-state index in [9.17, 15) is 9.59 Å². The standard InChI is InChI=1S/C19H18ClN3O4/c20-13-4-3-5-14(12-13)26-10-11-27-17(24)8-9-21-19(25)18-15-6-1-2-7-16(15)22-23-18/h1-7,12H,8-11H2,(H,21,25)(H,22,23). The summed E-state index contributed by atoms with van der Waals surface area (Å²) >= 11 is 5.85. The van der Waals surface area contributed by atoms with Crippen LogP contribution in [0.1, 0.15) is 16.9 Å².